The summed E-state index contributed by atoms with van der Waals surface area (Å²) in [6.07, 6.45) is 7.46. The third kappa shape index (κ3) is 13.7. The first-order valence-electron chi connectivity index (χ1n) is 17.3. The summed E-state index contributed by atoms with van der Waals surface area (Å²) in [4.78, 5) is 34.5. The van der Waals surface area contributed by atoms with Crippen LogP contribution in [0.4, 0.5) is 0 Å². The topological polar surface area (TPSA) is 118 Å². The van der Waals surface area contributed by atoms with Crippen molar-refractivity contribution < 1.29 is 43.2 Å². The first kappa shape index (κ1) is 42.8. The molecule has 4 aromatic rings. The largest absolute Gasteiger partial charge is 0.469 e. The molecule has 0 spiro atoms. The summed E-state index contributed by atoms with van der Waals surface area (Å²) >= 11 is 0. The van der Waals surface area contributed by atoms with E-state index in [4.69, 9.17) is 19.3 Å². The average molecular weight is 703 g/mol. The lowest BCUT2D eigenvalue weighted by Crippen LogP contribution is -2.32. The maximum Gasteiger partial charge on any atom is 0.338 e. The lowest BCUT2D eigenvalue weighted by Gasteiger charge is -2.16. The van der Waals surface area contributed by atoms with Crippen LogP contribution >= 0.6 is 0 Å². The van der Waals surface area contributed by atoms with Crippen molar-refractivity contribution in [3.63, 3.8) is 0 Å². The minimum atomic E-state index is -0.364. The maximum absolute atomic E-state index is 12.5. The Morgan fingerprint density at radius 1 is 0.843 bits per heavy atom. The van der Waals surface area contributed by atoms with Crippen LogP contribution in [-0.4, -0.2) is 83.3 Å². The van der Waals surface area contributed by atoms with Crippen LogP contribution in [0, 0.1) is 0 Å². The predicted octanol–water partition coefficient (Wildman–Crippen LogP) is 7.72. The number of methoxy groups -OCH3 is 2. The molecule has 51 heavy (non-hydrogen) atoms. The molecule has 2 aliphatic heterocycles. The Balaban J connectivity index is 0.000000319. The second kappa shape index (κ2) is 23.9. The van der Waals surface area contributed by atoms with Crippen LogP contribution in [0.5, 0.6) is 0 Å². The molecule has 3 unspecified atom stereocenters. The Hall–Kier alpha value is -4.41. The van der Waals surface area contributed by atoms with E-state index in [0.717, 1.165) is 59.9 Å². The Bertz CT molecular complexity index is 1660. The second-order valence-electron chi connectivity index (χ2n) is 11.9. The number of aldehydes is 1. The van der Waals surface area contributed by atoms with Gasteiger partial charge in [-0.3, -0.25) is 9.59 Å². The number of carbonyl (C=O) groups excluding carboxylic acids is 3. The zero-order chi connectivity index (χ0) is 37.6. The second-order valence-corrected chi connectivity index (χ2v) is 11.9. The van der Waals surface area contributed by atoms with Gasteiger partial charge < -0.3 is 28.8 Å². The van der Waals surface area contributed by atoms with Gasteiger partial charge >= 0.3 is 11.9 Å². The first-order valence-corrected chi connectivity index (χ1v) is 17.3. The Kier molecular flexibility index (Phi) is 20.0. The molecule has 9 heteroatoms. The number of hydrogen-bond acceptors (Lipinski definition) is 9. The monoisotopic (exact) mass is 702 g/mol. The van der Waals surface area contributed by atoms with Crippen molar-refractivity contribution >= 4 is 39.8 Å². The molecule has 0 aliphatic carbocycles. The number of hydrogen-bond donors (Lipinski definition) is 1. The van der Waals surface area contributed by atoms with E-state index < -0.39 is 0 Å². The summed E-state index contributed by atoms with van der Waals surface area (Å²) in [7, 11) is 5.64. The molecule has 2 saturated heterocycles. The van der Waals surface area contributed by atoms with Gasteiger partial charge in [0.05, 0.1) is 25.4 Å². The summed E-state index contributed by atoms with van der Waals surface area (Å²) in [5, 5.41) is 11.3. The van der Waals surface area contributed by atoms with Gasteiger partial charge in [-0.1, -0.05) is 80.9 Å². The fraction of sp³-hybridized carbons (Fsp3) is 0.405. The molecule has 3 atom stereocenters. The lowest BCUT2D eigenvalue weighted by molar-refractivity contribution is -0.140. The number of allylic oxidation sites excluding steroid dienone is 1. The molecule has 0 aromatic heterocycles. The van der Waals surface area contributed by atoms with Crippen LogP contribution in [0.15, 0.2) is 85.5 Å². The van der Waals surface area contributed by atoms with Gasteiger partial charge in [-0.05, 0) is 76.6 Å². The van der Waals surface area contributed by atoms with Gasteiger partial charge in [-0.15, -0.1) is 6.58 Å². The number of aryl methyl sites for hydroxylation is 2. The molecule has 4 aromatic carbocycles. The van der Waals surface area contributed by atoms with Crippen LogP contribution in [0.2, 0.25) is 0 Å². The van der Waals surface area contributed by atoms with Crippen LogP contribution in [0.1, 0.15) is 71.4 Å². The SMILES string of the molecule is C=CCCc1ccc2cc(C=O)ccc2c1.CCC.CO.COC.COC(=O)CCc1ccc2cc(C(=O)OC3COC4CCOC43)ccc2c1. The number of benzene rings is 4. The van der Waals surface area contributed by atoms with E-state index in [1.54, 1.807) is 20.3 Å². The quantitative estimate of drug-likeness (QED) is 0.106. The summed E-state index contributed by atoms with van der Waals surface area (Å²) in [5.74, 6) is -0.589. The zero-order valence-electron chi connectivity index (χ0n) is 30.9. The van der Waals surface area contributed by atoms with Gasteiger partial charge in [0, 0.05) is 39.9 Å². The number of fused-ring (bicyclic) bond motifs is 3. The first-order chi connectivity index (χ1) is 24.8. The van der Waals surface area contributed by atoms with E-state index in [9.17, 15) is 14.4 Å². The van der Waals surface area contributed by atoms with Crippen molar-refractivity contribution in [3.8, 4) is 0 Å². The Labute approximate surface area is 302 Å². The number of aliphatic hydroxyl groups excluding tert-OH is 1. The molecule has 0 bridgehead atoms. The van der Waals surface area contributed by atoms with Crippen LogP contribution in [0.3, 0.4) is 0 Å². The standard InChI is InChI=1S/C21H22O6.C15H14O.C3H8.C2H6O.CH4O/c1-24-19(22)7-3-13-2-4-15-11-16(6-5-14(15)10-13)21(23)27-18-12-26-17-8-9-25-20(17)18;1-2-3-4-12-5-7-15-10-13(11-16)6-8-14(15)9-12;2*1-3-2;1-2/h2,4-6,10-11,17-18,20H,3,7-9,12H2,1H3;2,5-11H,1,3-4H2;3H2,1-2H3;1-2H3;2H,1H3. The fourth-order valence-corrected chi connectivity index (χ4v) is 5.47. The number of aliphatic hydroxyl groups is 1. The summed E-state index contributed by atoms with van der Waals surface area (Å²) < 4.78 is 25.8. The third-order valence-electron chi connectivity index (χ3n) is 7.87. The van der Waals surface area contributed by atoms with Gasteiger partial charge in [0.1, 0.15) is 12.4 Å². The number of esters is 2. The molecule has 9 nitrogen and oxygen atoms in total. The fourth-order valence-electron chi connectivity index (χ4n) is 5.47. The van der Waals surface area contributed by atoms with Gasteiger partial charge in [0.15, 0.2) is 6.10 Å². The molecule has 6 rings (SSSR count). The molecular weight excluding hydrogens is 648 g/mol. The minimum absolute atomic E-state index is 0.0443. The van der Waals surface area contributed by atoms with E-state index in [-0.39, 0.29) is 30.3 Å². The van der Waals surface area contributed by atoms with E-state index in [1.165, 1.54) is 24.5 Å². The summed E-state index contributed by atoms with van der Waals surface area (Å²) in [6, 6.07) is 23.5. The molecule has 2 fully saturated rings. The third-order valence-corrected chi connectivity index (χ3v) is 7.87. The molecule has 0 saturated carbocycles. The highest BCUT2D eigenvalue weighted by molar-refractivity contribution is 5.95. The van der Waals surface area contributed by atoms with Crippen LogP contribution < -0.4 is 0 Å². The maximum atomic E-state index is 12.5. The van der Waals surface area contributed by atoms with Crippen molar-refractivity contribution in [2.75, 3.05) is 41.7 Å². The highest BCUT2D eigenvalue weighted by Crippen LogP contribution is 2.29. The lowest BCUT2D eigenvalue weighted by atomic mass is 10.0. The van der Waals surface area contributed by atoms with Crippen LogP contribution in [0.25, 0.3) is 21.5 Å². The van der Waals surface area contributed by atoms with Gasteiger partial charge in [-0.2, -0.15) is 0 Å². The van der Waals surface area contributed by atoms with Crippen molar-refractivity contribution in [2.24, 2.45) is 0 Å². The average Bonchev–Trinajstić information content (AvgIpc) is 3.79. The summed E-state index contributed by atoms with van der Waals surface area (Å²) in [6.45, 7) is 9.01. The molecule has 2 aliphatic rings. The van der Waals surface area contributed by atoms with Gasteiger partial charge in [-0.25, -0.2) is 4.79 Å². The molecule has 0 radical (unpaired) electrons. The minimum Gasteiger partial charge on any atom is -0.469 e. The van der Waals surface area contributed by atoms with Crippen LogP contribution in [-0.2, 0) is 41.3 Å². The number of ether oxygens (including phenoxy) is 5. The summed E-state index contributed by atoms with van der Waals surface area (Å²) in [5.41, 5.74) is 3.60. The van der Waals surface area contributed by atoms with E-state index in [2.05, 4.69) is 48.1 Å². The van der Waals surface area contributed by atoms with Crippen molar-refractivity contribution in [1.82, 2.24) is 0 Å². The molecule has 0 amide bonds. The number of rotatable bonds is 9. The normalized spacial score (nSPS) is 16.7. The van der Waals surface area contributed by atoms with Crippen molar-refractivity contribution in [3.05, 3.63) is 108 Å². The van der Waals surface area contributed by atoms with Crippen molar-refractivity contribution in [1.29, 1.82) is 0 Å². The van der Waals surface area contributed by atoms with E-state index in [1.807, 2.05) is 54.6 Å². The van der Waals surface area contributed by atoms with Crippen molar-refractivity contribution in [2.45, 2.75) is 70.7 Å². The molecular formula is C42H54O9. The Morgan fingerprint density at radius 2 is 1.41 bits per heavy atom. The number of carbonyl (C=O) groups is 3. The van der Waals surface area contributed by atoms with E-state index >= 15 is 0 Å². The van der Waals surface area contributed by atoms with Gasteiger partial charge in [0.2, 0.25) is 0 Å². The van der Waals surface area contributed by atoms with Gasteiger partial charge in [0.25, 0.3) is 0 Å². The molecule has 276 valence electrons. The highest BCUT2D eigenvalue weighted by Gasteiger charge is 2.44. The van der Waals surface area contributed by atoms with E-state index in [0.29, 0.717) is 31.6 Å². The molecule has 2 heterocycles. The predicted molar refractivity (Wildman–Crippen MR) is 202 cm³/mol. The molecule has 1 N–H and O–H groups in total. The smallest absolute Gasteiger partial charge is 0.338 e. The zero-order valence-corrected chi connectivity index (χ0v) is 30.9. The highest BCUT2D eigenvalue weighted by atomic mass is 16.6. The Morgan fingerprint density at radius 3 is 2.02 bits per heavy atom.